The number of ether oxygens (including phenoxy) is 1. The number of aromatic amines is 1. The number of hydrogen-bond acceptors (Lipinski definition) is 3. The van der Waals surface area contributed by atoms with E-state index in [0.29, 0.717) is 10.7 Å². The second kappa shape index (κ2) is 6.78. The normalized spacial score (nSPS) is 11.8. The minimum Gasteiger partial charge on any atom is -0.448 e. The van der Waals surface area contributed by atoms with Gasteiger partial charge in [-0.25, -0.2) is 4.79 Å². The second-order valence-electron chi connectivity index (χ2n) is 4.25. The topological polar surface area (TPSA) is 71.2 Å². The van der Waals surface area contributed by atoms with Gasteiger partial charge in [0.15, 0.2) is 6.10 Å². The fourth-order valence-electron chi connectivity index (χ4n) is 1.56. The summed E-state index contributed by atoms with van der Waals surface area (Å²) in [6.07, 6.45) is 0.654. The van der Waals surface area contributed by atoms with Gasteiger partial charge < -0.3 is 15.0 Å². The van der Waals surface area contributed by atoms with Gasteiger partial charge >= 0.3 is 5.97 Å². The maximum absolute atomic E-state index is 12.0. The number of hydrogen-bond donors (Lipinski definition) is 2. The lowest BCUT2D eigenvalue weighted by molar-refractivity contribution is -0.123. The summed E-state index contributed by atoms with van der Waals surface area (Å²) in [6.45, 7) is 1.49. The predicted octanol–water partition coefficient (Wildman–Crippen LogP) is 3.61. The molecule has 0 aliphatic rings. The first kappa shape index (κ1) is 15.6. The molecule has 0 spiro atoms. The molecule has 1 aromatic heterocycles. The van der Waals surface area contributed by atoms with Crippen LogP contribution < -0.4 is 5.32 Å². The molecule has 2 rings (SSSR count). The Hall–Kier alpha value is -1.79. The van der Waals surface area contributed by atoms with Crippen molar-refractivity contribution >= 4 is 45.1 Å². The molecule has 0 aliphatic heterocycles. The summed E-state index contributed by atoms with van der Waals surface area (Å²) in [5.74, 6) is -1.07. The van der Waals surface area contributed by atoms with Crippen molar-refractivity contribution in [3.63, 3.8) is 0 Å². The fraction of sp³-hybridized carbons (Fsp3) is 0.143. The van der Waals surface area contributed by atoms with Crippen LogP contribution in [0.15, 0.2) is 41.0 Å². The Morgan fingerprint density at radius 2 is 2.10 bits per heavy atom. The van der Waals surface area contributed by atoms with Gasteiger partial charge in [0.2, 0.25) is 0 Å². The Bertz CT molecular complexity index is 672. The lowest BCUT2D eigenvalue weighted by Gasteiger charge is -2.13. The van der Waals surface area contributed by atoms with Crippen molar-refractivity contribution < 1.29 is 14.3 Å². The minimum atomic E-state index is -0.948. The van der Waals surface area contributed by atoms with Crippen molar-refractivity contribution in [1.82, 2.24) is 4.98 Å². The van der Waals surface area contributed by atoms with Gasteiger partial charge in [0.05, 0.1) is 10.7 Å². The van der Waals surface area contributed by atoms with E-state index in [2.05, 4.69) is 26.2 Å². The zero-order valence-corrected chi connectivity index (χ0v) is 13.4. The highest BCUT2D eigenvalue weighted by molar-refractivity contribution is 9.10. The number of para-hydroxylation sites is 1. The highest BCUT2D eigenvalue weighted by atomic mass is 79.9. The average Bonchev–Trinajstić information content (AvgIpc) is 2.88. The van der Waals surface area contributed by atoms with Crippen LogP contribution in [0.1, 0.15) is 17.4 Å². The largest absolute Gasteiger partial charge is 0.448 e. The van der Waals surface area contributed by atoms with Crippen LogP contribution in [-0.2, 0) is 9.53 Å². The summed E-state index contributed by atoms with van der Waals surface area (Å²) in [6, 6.07) is 8.39. The highest BCUT2D eigenvalue weighted by Gasteiger charge is 2.20. The van der Waals surface area contributed by atoms with Gasteiger partial charge in [-0.1, -0.05) is 23.7 Å². The third-order valence-corrected chi connectivity index (χ3v) is 3.44. The molecule has 0 unspecified atom stereocenters. The lowest BCUT2D eigenvalue weighted by Crippen LogP contribution is -2.30. The number of benzene rings is 1. The van der Waals surface area contributed by atoms with Crippen molar-refractivity contribution in [3.05, 3.63) is 51.7 Å². The number of amides is 1. The summed E-state index contributed by atoms with van der Waals surface area (Å²) in [5, 5.41) is 3.02. The number of nitrogens with one attached hydrogen (secondary N) is 2. The van der Waals surface area contributed by atoms with Crippen LogP contribution in [0.25, 0.3) is 0 Å². The van der Waals surface area contributed by atoms with Gasteiger partial charge in [0.1, 0.15) is 5.69 Å². The standard InChI is InChI=1S/C14H12BrClN2O3/c1-8(21-14(20)12-6-9(15)7-17-12)13(19)18-11-5-3-2-4-10(11)16/h2-8,17H,1H3,(H,18,19)/t8-/m0/s1. The molecule has 5 nitrogen and oxygen atoms in total. The summed E-state index contributed by atoms with van der Waals surface area (Å²) in [7, 11) is 0. The van der Waals surface area contributed by atoms with E-state index < -0.39 is 18.0 Å². The van der Waals surface area contributed by atoms with Crippen molar-refractivity contribution in [3.8, 4) is 0 Å². The lowest BCUT2D eigenvalue weighted by atomic mass is 10.3. The highest BCUT2D eigenvalue weighted by Crippen LogP contribution is 2.21. The first-order valence-corrected chi connectivity index (χ1v) is 7.25. The van der Waals surface area contributed by atoms with Crippen LogP contribution in [0.4, 0.5) is 5.69 Å². The molecule has 0 radical (unpaired) electrons. The van der Waals surface area contributed by atoms with E-state index in [0.717, 1.165) is 4.47 Å². The number of H-pyrrole nitrogens is 1. The fourth-order valence-corrected chi connectivity index (χ4v) is 2.09. The van der Waals surface area contributed by atoms with Gasteiger partial charge in [-0.15, -0.1) is 0 Å². The number of aromatic nitrogens is 1. The molecule has 21 heavy (non-hydrogen) atoms. The van der Waals surface area contributed by atoms with Gasteiger partial charge in [0.25, 0.3) is 5.91 Å². The van der Waals surface area contributed by atoms with Gasteiger partial charge in [-0.3, -0.25) is 4.79 Å². The van der Waals surface area contributed by atoms with Crippen LogP contribution in [0, 0.1) is 0 Å². The molecule has 2 aromatic rings. The molecular formula is C14H12BrClN2O3. The van der Waals surface area contributed by atoms with E-state index in [-0.39, 0.29) is 5.69 Å². The smallest absolute Gasteiger partial charge is 0.355 e. The van der Waals surface area contributed by atoms with Crippen LogP contribution in [0.3, 0.4) is 0 Å². The first-order valence-electron chi connectivity index (χ1n) is 6.07. The number of esters is 1. The molecule has 1 amide bonds. The maximum Gasteiger partial charge on any atom is 0.355 e. The van der Waals surface area contributed by atoms with Crippen LogP contribution >= 0.6 is 27.5 Å². The third kappa shape index (κ3) is 4.09. The first-order chi connectivity index (χ1) is 9.97. The number of carbonyl (C=O) groups is 2. The maximum atomic E-state index is 12.0. The SMILES string of the molecule is C[C@H](OC(=O)c1cc(Br)c[nH]1)C(=O)Nc1ccccc1Cl. The van der Waals surface area contributed by atoms with E-state index in [1.165, 1.54) is 6.92 Å². The van der Waals surface area contributed by atoms with Crippen LogP contribution in [0.5, 0.6) is 0 Å². The molecule has 110 valence electrons. The molecule has 0 saturated carbocycles. The van der Waals surface area contributed by atoms with E-state index >= 15 is 0 Å². The Kier molecular flexibility index (Phi) is 5.03. The van der Waals surface area contributed by atoms with Gasteiger partial charge in [-0.05, 0) is 41.1 Å². The molecular weight excluding hydrogens is 360 g/mol. The Morgan fingerprint density at radius 3 is 2.71 bits per heavy atom. The quantitative estimate of drug-likeness (QED) is 0.807. The zero-order chi connectivity index (χ0) is 15.4. The molecule has 2 N–H and O–H groups in total. The number of anilines is 1. The monoisotopic (exact) mass is 370 g/mol. The van der Waals surface area contributed by atoms with Crippen molar-refractivity contribution in [2.24, 2.45) is 0 Å². The Morgan fingerprint density at radius 1 is 1.38 bits per heavy atom. The van der Waals surface area contributed by atoms with Gasteiger partial charge in [-0.2, -0.15) is 0 Å². The van der Waals surface area contributed by atoms with Crippen molar-refractivity contribution in [1.29, 1.82) is 0 Å². The minimum absolute atomic E-state index is 0.263. The summed E-state index contributed by atoms with van der Waals surface area (Å²) >= 11 is 9.16. The molecule has 1 atom stereocenters. The molecule has 0 bridgehead atoms. The van der Waals surface area contributed by atoms with E-state index in [4.69, 9.17) is 16.3 Å². The second-order valence-corrected chi connectivity index (χ2v) is 5.57. The van der Waals surface area contributed by atoms with E-state index in [1.807, 2.05) is 0 Å². The molecule has 0 fully saturated rings. The van der Waals surface area contributed by atoms with Crippen molar-refractivity contribution in [2.75, 3.05) is 5.32 Å². The molecule has 1 heterocycles. The summed E-state index contributed by atoms with van der Waals surface area (Å²) < 4.78 is 5.80. The summed E-state index contributed by atoms with van der Waals surface area (Å²) in [4.78, 5) is 26.5. The predicted molar refractivity (Wildman–Crippen MR) is 83.5 cm³/mol. The Balaban J connectivity index is 1.97. The molecule has 1 aromatic carbocycles. The molecule has 0 saturated heterocycles. The number of carbonyl (C=O) groups excluding carboxylic acids is 2. The average molecular weight is 372 g/mol. The molecule has 7 heteroatoms. The van der Waals surface area contributed by atoms with Crippen LogP contribution in [-0.4, -0.2) is 23.0 Å². The van der Waals surface area contributed by atoms with Crippen LogP contribution in [0.2, 0.25) is 5.02 Å². The van der Waals surface area contributed by atoms with E-state index in [1.54, 1.807) is 36.5 Å². The third-order valence-electron chi connectivity index (χ3n) is 2.65. The van der Waals surface area contributed by atoms with E-state index in [9.17, 15) is 9.59 Å². The van der Waals surface area contributed by atoms with Gasteiger partial charge in [0, 0.05) is 10.7 Å². The number of rotatable bonds is 4. The summed E-state index contributed by atoms with van der Waals surface area (Å²) in [5.41, 5.74) is 0.731. The van der Waals surface area contributed by atoms with Crippen molar-refractivity contribution in [2.45, 2.75) is 13.0 Å². The zero-order valence-electron chi connectivity index (χ0n) is 11.0. The number of halogens is 2. The Labute approximate surface area is 134 Å². The molecule has 0 aliphatic carbocycles.